The molecule has 6 rings (SSSR count). The van der Waals surface area contributed by atoms with Crippen molar-refractivity contribution in [1.82, 2.24) is 34.7 Å². The molecule has 232 valence electrons. The molecule has 3 aromatic heterocycles. The summed E-state index contributed by atoms with van der Waals surface area (Å²) in [6, 6.07) is 10.6. The number of hydrogen-bond acceptors (Lipinski definition) is 9. The number of rotatable bonds is 7. The van der Waals surface area contributed by atoms with Gasteiger partial charge in [0.2, 0.25) is 0 Å². The van der Waals surface area contributed by atoms with Crippen LogP contribution in [0.25, 0.3) is 22.3 Å². The SMILES string of the molecule is COc1c(-c2ccc3nc(Cc4cc(C(C)N5CCN(C(=O)OC(C)(C)C)CC5)ccn4)[nH]c3c2)ncnc1N1CCCC1. The van der Waals surface area contributed by atoms with Gasteiger partial charge in [0, 0.05) is 69.2 Å². The highest BCUT2D eigenvalue weighted by Crippen LogP contribution is 2.37. The van der Waals surface area contributed by atoms with E-state index in [2.05, 4.69) is 54.9 Å². The highest BCUT2D eigenvalue weighted by molar-refractivity contribution is 5.84. The van der Waals surface area contributed by atoms with Crippen molar-refractivity contribution in [1.29, 1.82) is 0 Å². The van der Waals surface area contributed by atoms with Crippen molar-refractivity contribution >= 4 is 22.9 Å². The van der Waals surface area contributed by atoms with Gasteiger partial charge in [0.15, 0.2) is 11.6 Å². The minimum absolute atomic E-state index is 0.198. The molecule has 2 saturated heterocycles. The van der Waals surface area contributed by atoms with Crippen LogP contribution >= 0.6 is 0 Å². The van der Waals surface area contributed by atoms with Crippen LogP contribution in [0.3, 0.4) is 0 Å². The van der Waals surface area contributed by atoms with Gasteiger partial charge in [-0.2, -0.15) is 0 Å². The zero-order valence-corrected chi connectivity index (χ0v) is 26.3. The highest BCUT2D eigenvalue weighted by atomic mass is 16.6. The molecular weight excluding hydrogens is 556 g/mol. The molecule has 1 amide bonds. The molecule has 11 heteroatoms. The third kappa shape index (κ3) is 6.47. The number of piperazine rings is 1. The molecule has 2 aliphatic heterocycles. The predicted molar refractivity (Wildman–Crippen MR) is 170 cm³/mol. The van der Waals surface area contributed by atoms with E-state index in [4.69, 9.17) is 14.5 Å². The highest BCUT2D eigenvalue weighted by Gasteiger charge is 2.28. The number of aromatic amines is 1. The molecule has 2 aliphatic rings. The van der Waals surface area contributed by atoms with Crippen molar-refractivity contribution in [3.63, 3.8) is 0 Å². The van der Waals surface area contributed by atoms with Gasteiger partial charge < -0.3 is 24.3 Å². The standard InChI is InChI=1S/C33H42N8O3/c1-22(39-14-16-41(17-15-39)32(42)44-33(2,3)4)23-10-11-34-25(18-23)20-28-37-26-9-8-24(19-27(26)38-28)29-30(43-5)31(36-21-35-29)40-12-6-7-13-40/h8-11,18-19,21-22H,6-7,12-17,20H2,1-5H3,(H,37,38). The topological polar surface area (TPSA) is 113 Å². The van der Waals surface area contributed by atoms with E-state index in [0.717, 1.165) is 78.6 Å². The van der Waals surface area contributed by atoms with Crippen LogP contribution < -0.4 is 9.64 Å². The second-order valence-electron chi connectivity index (χ2n) is 12.6. The van der Waals surface area contributed by atoms with E-state index in [1.54, 1.807) is 18.3 Å². The number of aromatic nitrogens is 5. The van der Waals surface area contributed by atoms with Crippen molar-refractivity contribution in [2.45, 2.75) is 58.6 Å². The first-order valence-corrected chi connectivity index (χ1v) is 15.5. The molecule has 2 fully saturated rings. The van der Waals surface area contributed by atoms with Gasteiger partial charge in [0.1, 0.15) is 23.4 Å². The molecular formula is C33H42N8O3. The molecule has 5 heterocycles. The summed E-state index contributed by atoms with van der Waals surface area (Å²) in [4.78, 5) is 41.1. The fraction of sp³-hybridized carbons (Fsp3) is 0.485. The minimum Gasteiger partial charge on any atom is -0.491 e. The first kappa shape index (κ1) is 29.8. The number of hydrogen-bond donors (Lipinski definition) is 1. The van der Waals surface area contributed by atoms with Gasteiger partial charge in [-0.05, 0) is 70.4 Å². The van der Waals surface area contributed by atoms with E-state index < -0.39 is 5.60 Å². The number of benzene rings is 1. The van der Waals surface area contributed by atoms with Gasteiger partial charge in [-0.25, -0.2) is 19.7 Å². The van der Waals surface area contributed by atoms with Gasteiger partial charge in [-0.3, -0.25) is 9.88 Å². The average Bonchev–Trinajstić information content (AvgIpc) is 3.69. The quantitative estimate of drug-likeness (QED) is 0.306. The molecule has 0 saturated carbocycles. The van der Waals surface area contributed by atoms with E-state index >= 15 is 0 Å². The summed E-state index contributed by atoms with van der Waals surface area (Å²) in [6.07, 6.45) is 6.17. The molecule has 0 aliphatic carbocycles. The summed E-state index contributed by atoms with van der Waals surface area (Å²) >= 11 is 0. The van der Waals surface area contributed by atoms with Gasteiger partial charge in [-0.1, -0.05) is 6.07 Å². The number of carbonyl (C=O) groups excluding carboxylic acids is 1. The third-order valence-electron chi connectivity index (χ3n) is 8.38. The van der Waals surface area contributed by atoms with Crippen LogP contribution in [0.1, 0.15) is 63.7 Å². The molecule has 1 aromatic carbocycles. The van der Waals surface area contributed by atoms with E-state index in [1.165, 1.54) is 5.56 Å². The average molecular weight is 599 g/mol. The zero-order valence-electron chi connectivity index (χ0n) is 26.3. The predicted octanol–water partition coefficient (Wildman–Crippen LogP) is 5.23. The van der Waals surface area contributed by atoms with Crippen molar-refractivity contribution < 1.29 is 14.3 Å². The number of H-pyrrole nitrogens is 1. The third-order valence-corrected chi connectivity index (χ3v) is 8.38. The minimum atomic E-state index is -0.488. The summed E-state index contributed by atoms with van der Waals surface area (Å²) in [5.41, 5.74) is 5.22. The Morgan fingerprint density at radius 1 is 1.00 bits per heavy atom. The molecule has 0 bridgehead atoms. The Morgan fingerprint density at radius 3 is 2.50 bits per heavy atom. The maximum atomic E-state index is 12.5. The second kappa shape index (κ2) is 12.4. The molecule has 0 spiro atoms. The van der Waals surface area contributed by atoms with Gasteiger partial charge in [0.25, 0.3) is 0 Å². The molecule has 1 N–H and O–H groups in total. The Morgan fingerprint density at radius 2 is 1.77 bits per heavy atom. The van der Waals surface area contributed by atoms with Gasteiger partial charge in [-0.15, -0.1) is 0 Å². The first-order chi connectivity index (χ1) is 21.2. The Bertz CT molecular complexity index is 1620. The number of pyridine rings is 1. The Labute approximate surface area is 258 Å². The first-order valence-electron chi connectivity index (χ1n) is 15.5. The van der Waals surface area contributed by atoms with Crippen LogP contribution in [0.2, 0.25) is 0 Å². The summed E-state index contributed by atoms with van der Waals surface area (Å²) < 4.78 is 11.4. The van der Waals surface area contributed by atoms with E-state index in [1.807, 2.05) is 39.1 Å². The lowest BCUT2D eigenvalue weighted by Gasteiger charge is -2.38. The number of amides is 1. The van der Waals surface area contributed by atoms with Crippen LogP contribution in [-0.4, -0.2) is 92.8 Å². The zero-order chi connectivity index (χ0) is 30.8. The number of imidazole rings is 1. The number of ether oxygens (including phenoxy) is 2. The lowest BCUT2D eigenvalue weighted by atomic mass is 10.1. The monoisotopic (exact) mass is 598 g/mol. The molecule has 0 radical (unpaired) electrons. The molecule has 1 unspecified atom stereocenters. The van der Waals surface area contributed by atoms with Crippen LogP contribution in [0, 0.1) is 0 Å². The van der Waals surface area contributed by atoms with E-state index in [-0.39, 0.29) is 12.1 Å². The maximum Gasteiger partial charge on any atom is 0.410 e. The molecule has 4 aromatic rings. The van der Waals surface area contributed by atoms with Gasteiger partial charge >= 0.3 is 6.09 Å². The number of methoxy groups -OCH3 is 1. The summed E-state index contributed by atoms with van der Waals surface area (Å²) in [6.45, 7) is 12.8. The largest absolute Gasteiger partial charge is 0.491 e. The van der Waals surface area contributed by atoms with Crippen LogP contribution in [0.5, 0.6) is 5.75 Å². The number of nitrogens with one attached hydrogen (secondary N) is 1. The summed E-state index contributed by atoms with van der Waals surface area (Å²) in [5.74, 6) is 2.41. The van der Waals surface area contributed by atoms with E-state index in [9.17, 15) is 4.79 Å². The van der Waals surface area contributed by atoms with Crippen molar-refractivity contribution in [3.05, 3.63) is 59.9 Å². The number of nitrogens with zero attached hydrogens (tertiary/aromatic N) is 7. The normalized spacial score (nSPS) is 16.8. The smallest absolute Gasteiger partial charge is 0.410 e. The molecule has 11 nitrogen and oxygen atoms in total. The van der Waals surface area contributed by atoms with Crippen LogP contribution in [0.15, 0.2) is 42.9 Å². The lowest BCUT2D eigenvalue weighted by Crippen LogP contribution is -2.50. The van der Waals surface area contributed by atoms with Crippen molar-refractivity contribution in [2.75, 3.05) is 51.3 Å². The summed E-state index contributed by atoms with van der Waals surface area (Å²) in [5, 5.41) is 0. The lowest BCUT2D eigenvalue weighted by molar-refractivity contribution is 0.0110. The van der Waals surface area contributed by atoms with Crippen LogP contribution in [0.4, 0.5) is 10.6 Å². The fourth-order valence-electron chi connectivity index (χ4n) is 6.06. The fourth-order valence-corrected chi connectivity index (χ4v) is 6.06. The molecule has 44 heavy (non-hydrogen) atoms. The van der Waals surface area contributed by atoms with Crippen molar-refractivity contribution in [2.24, 2.45) is 0 Å². The second-order valence-corrected chi connectivity index (χ2v) is 12.6. The van der Waals surface area contributed by atoms with E-state index in [0.29, 0.717) is 25.3 Å². The Hall–Kier alpha value is -4.25. The number of fused-ring (bicyclic) bond motifs is 1. The number of anilines is 1. The Balaban J connectivity index is 1.14. The van der Waals surface area contributed by atoms with Crippen LogP contribution in [-0.2, 0) is 11.2 Å². The summed E-state index contributed by atoms with van der Waals surface area (Å²) in [7, 11) is 1.68. The van der Waals surface area contributed by atoms with Crippen molar-refractivity contribution in [3.8, 4) is 17.0 Å². The maximum absolute atomic E-state index is 12.5. The number of carbonyl (C=O) groups is 1. The molecule has 1 atom stereocenters. The Kier molecular flexibility index (Phi) is 8.40. The van der Waals surface area contributed by atoms with Gasteiger partial charge in [0.05, 0.1) is 18.1 Å².